The van der Waals surface area contributed by atoms with Crippen molar-refractivity contribution in [3.8, 4) is 6.07 Å². The fraction of sp³-hybridized carbons (Fsp3) is 0.227. The summed E-state index contributed by atoms with van der Waals surface area (Å²) >= 11 is 8.08. The van der Waals surface area contributed by atoms with Crippen LogP contribution in [0.15, 0.2) is 64.6 Å². The van der Waals surface area contributed by atoms with Crippen LogP contribution >= 0.6 is 23.4 Å². The monoisotopic (exact) mass is 420 g/mol. The largest absolute Gasteiger partial charge is 0.381 e. The number of benzene rings is 2. The lowest BCUT2D eigenvalue weighted by Crippen LogP contribution is -2.32. The average Bonchev–Trinajstić information content (AvgIpc) is 3.23. The van der Waals surface area contributed by atoms with Gasteiger partial charge in [-0.1, -0.05) is 41.6 Å². The first-order chi connectivity index (χ1) is 14.2. The van der Waals surface area contributed by atoms with Crippen molar-refractivity contribution in [1.82, 2.24) is 14.6 Å². The molecule has 5 rings (SSSR count). The summed E-state index contributed by atoms with van der Waals surface area (Å²) in [4.78, 5) is 2.19. The molecular formula is C22H17ClN4OS. The zero-order valence-corrected chi connectivity index (χ0v) is 17.1. The number of fused-ring (bicyclic) bond motifs is 3. The van der Waals surface area contributed by atoms with Gasteiger partial charge in [0.05, 0.1) is 22.0 Å². The van der Waals surface area contributed by atoms with Gasteiger partial charge in [0.25, 0.3) is 0 Å². The second-order valence-electron chi connectivity index (χ2n) is 7.17. The fourth-order valence-electron chi connectivity index (χ4n) is 3.87. The molecule has 2 aromatic heterocycles. The third-order valence-corrected chi connectivity index (χ3v) is 6.79. The molecule has 144 valence electrons. The first-order valence-electron chi connectivity index (χ1n) is 9.38. The highest BCUT2D eigenvalue weighted by Gasteiger charge is 2.34. The molecule has 0 unspecified atom stereocenters. The molecule has 1 aliphatic rings. The van der Waals surface area contributed by atoms with Crippen LogP contribution in [0.3, 0.4) is 0 Å². The molecule has 1 fully saturated rings. The average molecular weight is 421 g/mol. The van der Waals surface area contributed by atoms with E-state index in [0.29, 0.717) is 18.2 Å². The predicted octanol–water partition coefficient (Wildman–Crippen LogP) is 5.26. The molecule has 29 heavy (non-hydrogen) atoms. The molecule has 7 heteroatoms. The van der Waals surface area contributed by atoms with Crippen molar-refractivity contribution >= 4 is 39.9 Å². The van der Waals surface area contributed by atoms with Crippen molar-refractivity contribution in [2.75, 3.05) is 13.2 Å². The van der Waals surface area contributed by atoms with E-state index < -0.39 is 5.41 Å². The summed E-state index contributed by atoms with van der Waals surface area (Å²) in [7, 11) is 0. The molecule has 0 atom stereocenters. The van der Waals surface area contributed by atoms with E-state index in [2.05, 4.69) is 46.6 Å². The molecule has 0 N–H and O–H groups in total. The molecule has 0 radical (unpaired) electrons. The van der Waals surface area contributed by atoms with Crippen molar-refractivity contribution in [2.45, 2.75) is 28.0 Å². The Morgan fingerprint density at radius 1 is 1.10 bits per heavy atom. The molecule has 0 spiro atoms. The molecular weight excluding hydrogens is 404 g/mol. The van der Waals surface area contributed by atoms with Gasteiger partial charge in [0.2, 0.25) is 0 Å². The lowest BCUT2D eigenvalue weighted by atomic mass is 9.75. The maximum atomic E-state index is 9.86. The Bertz CT molecular complexity index is 1260. The Hall–Kier alpha value is -2.59. The van der Waals surface area contributed by atoms with E-state index in [1.807, 2.05) is 22.6 Å². The minimum absolute atomic E-state index is 0.458. The lowest BCUT2D eigenvalue weighted by molar-refractivity contribution is 0.0675. The zero-order valence-electron chi connectivity index (χ0n) is 15.5. The van der Waals surface area contributed by atoms with E-state index >= 15 is 0 Å². The number of hydrogen-bond acceptors (Lipinski definition) is 5. The number of rotatable bonds is 3. The van der Waals surface area contributed by atoms with Crippen LogP contribution in [0.25, 0.3) is 16.6 Å². The van der Waals surface area contributed by atoms with Crippen LogP contribution in [0.1, 0.15) is 18.4 Å². The Labute approximate surface area is 177 Å². The smallest absolute Gasteiger partial charge is 0.162 e. The number of pyridine rings is 1. The topological polar surface area (TPSA) is 63.2 Å². The Balaban J connectivity index is 1.52. The van der Waals surface area contributed by atoms with Crippen LogP contribution in [0.2, 0.25) is 5.02 Å². The number of aromatic nitrogens is 3. The third kappa shape index (κ3) is 3.25. The second kappa shape index (κ2) is 7.34. The molecule has 3 heterocycles. The second-order valence-corrected chi connectivity index (χ2v) is 8.72. The lowest BCUT2D eigenvalue weighted by Gasteiger charge is -2.31. The van der Waals surface area contributed by atoms with E-state index in [1.165, 1.54) is 0 Å². The first kappa shape index (κ1) is 18.4. The highest BCUT2D eigenvalue weighted by atomic mass is 35.5. The summed E-state index contributed by atoms with van der Waals surface area (Å²) in [5, 5.41) is 19.6. The molecule has 0 bridgehead atoms. The van der Waals surface area contributed by atoms with E-state index in [9.17, 15) is 5.26 Å². The van der Waals surface area contributed by atoms with Gasteiger partial charge in [-0.3, -0.25) is 4.40 Å². The molecule has 1 saturated heterocycles. The minimum Gasteiger partial charge on any atom is -0.381 e. The van der Waals surface area contributed by atoms with Crippen LogP contribution < -0.4 is 0 Å². The van der Waals surface area contributed by atoms with E-state index in [-0.39, 0.29) is 0 Å². The van der Waals surface area contributed by atoms with Crippen molar-refractivity contribution in [2.24, 2.45) is 0 Å². The molecule has 0 amide bonds. The predicted molar refractivity (Wildman–Crippen MR) is 113 cm³/mol. The summed E-state index contributed by atoms with van der Waals surface area (Å²) < 4.78 is 7.41. The molecule has 1 aliphatic heterocycles. The zero-order chi connectivity index (χ0) is 19.8. The number of ether oxygens (including phenoxy) is 1. The van der Waals surface area contributed by atoms with Gasteiger partial charge >= 0.3 is 0 Å². The van der Waals surface area contributed by atoms with Crippen molar-refractivity contribution in [3.63, 3.8) is 0 Å². The Morgan fingerprint density at radius 2 is 1.93 bits per heavy atom. The molecule has 2 aromatic carbocycles. The summed E-state index contributed by atoms with van der Waals surface area (Å²) in [5.74, 6) is 0. The summed E-state index contributed by atoms with van der Waals surface area (Å²) in [6.45, 7) is 1.26. The summed E-state index contributed by atoms with van der Waals surface area (Å²) in [6, 6.07) is 18.9. The highest BCUT2D eigenvalue weighted by Crippen LogP contribution is 2.38. The minimum atomic E-state index is -0.458. The molecule has 4 aromatic rings. The van der Waals surface area contributed by atoms with Gasteiger partial charge in [-0.15, -0.1) is 10.2 Å². The van der Waals surface area contributed by atoms with Crippen LogP contribution in [0.5, 0.6) is 0 Å². The van der Waals surface area contributed by atoms with Crippen molar-refractivity contribution in [1.29, 1.82) is 5.26 Å². The molecule has 0 aliphatic carbocycles. The quantitative estimate of drug-likeness (QED) is 0.452. The van der Waals surface area contributed by atoms with Gasteiger partial charge in [0.1, 0.15) is 6.33 Å². The van der Waals surface area contributed by atoms with Gasteiger partial charge < -0.3 is 4.74 Å². The molecule has 5 nitrogen and oxygen atoms in total. The maximum absolute atomic E-state index is 9.86. The van der Waals surface area contributed by atoms with Gasteiger partial charge in [0.15, 0.2) is 5.65 Å². The number of nitriles is 1. The van der Waals surface area contributed by atoms with Crippen LogP contribution in [-0.2, 0) is 10.2 Å². The third-order valence-electron chi connectivity index (χ3n) is 5.50. The summed E-state index contributed by atoms with van der Waals surface area (Å²) in [6.07, 6.45) is 3.17. The van der Waals surface area contributed by atoms with Crippen molar-refractivity contribution < 1.29 is 4.74 Å². The summed E-state index contributed by atoms with van der Waals surface area (Å²) in [5.41, 5.74) is 2.30. The standard InChI is InChI=1S/C22H17ClN4OS/c23-19-12-21-26-25-14-27(21)20-11-17(4-5-18(19)20)29-16-3-1-2-15(10-16)22(13-24)6-8-28-9-7-22/h1-5,10-12,14H,6-9H2. The SMILES string of the molecule is N#CC1(c2cccc(Sc3ccc4c(Cl)cc5nncn5c4c3)c2)CCOCC1. The van der Waals surface area contributed by atoms with Crippen LogP contribution in [-0.4, -0.2) is 27.8 Å². The van der Waals surface area contributed by atoms with Crippen LogP contribution in [0, 0.1) is 11.3 Å². The van der Waals surface area contributed by atoms with Gasteiger partial charge in [-0.2, -0.15) is 5.26 Å². The molecule has 0 saturated carbocycles. The van der Waals surface area contributed by atoms with Gasteiger partial charge in [-0.25, -0.2) is 0 Å². The van der Waals surface area contributed by atoms with Crippen LogP contribution in [0.4, 0.5) is 0 Å². The van der Waals surface area contributed by atoms with Gasteiger partial charge in [-0.05, 0) is 42.7 Å². The van der Waals surface area contributed by atoms with E-state index in [1.54, 1.807) is 18.1 Å². The van der Waals surface area contributed by atoms with Gasteiger partial charge in [0, 0.05) is 34.5 Å². The highest BCUT2D eigenvalue weighted by molar-refractivity contribution is 7.99. The number of halogens is 1. The maximum Gasteiger partial charge on any atom is 0.162 e. The normalized spacial score (nSPS) is 16.1. The fourth-order valence-corrected chi connectivity index (χ4v) is 5.04. The van der Waals surface area contributed by atoms with E-state index in [4.69, 9.17) is 16.3 Å². The van der Waals surface area contributed by atoms with Crippen molar-refractivity contribution in [3.05, 3.63) is 65.4 Å². The number of nitrogens with zero attached hydrogens (tertiary/aromatic N) is 4. The Kier molecular flexibility index (Phi) is 4.67. The first-order valence-corrected chi connectivity index (χ1v) is 10.6. The number of hydrogen-bond donors (Lipinski definition) is 0. The van der Waals surface area contributed by atoms with E-state index in [0.717, 1.165) is 44.7 Å². The Morgan fingerprint density at radius 3 is 2.76 bits per heavy atom.